The molecule has 0 radical (unpaired) electrons. The molecule has 7 heteroatoms. The number of benzene rings is 2. The van der Waals surface area contributed by atoms with Crippen molar-refractivity contribution in [2.24, 2.45) is 10.9 Å². The maximum absolute atomic E-state index is 11.6. The van der Waals surface area contributed by atoms with Crippen molar-refractivity contribution in [2.75, 3.05) is 31.1 Å². The van der Waals surface area contributed by atoms with E-state index in [4.69, 9.17) is 0 Å². The van der Waals surface area contributed by atoms with Crippen LogP contribution in [0, 0.1) is 5.92 Å². The first kappa shape index (κ1) is 21.2. The molecule has 2 N–H and O–H groups in total. The van der Waals surface area contributed by atoms with Gasteiger partial charge < -0.3 is 10.2 Å². The van der Waals surface area contributed by atoms with Crippen LogP contribution in [0.15, 0.2) is 59.6 Å². The highest BCUT2D eigenvalue weighted by atomic mass is 32.2. The van der Waals surface area contributed by atoms with Gasteiger partial charge in [-0.25, -0.2) is 8.42 Å². The highest BCUT2D eigenvalue weighted by Crippen LogP contribution is 2.32. The highest BCUT2D eigenvalue weighted by Gasteiger charge is 2.28. The van der Waals surface area contributed by atoms with Crippen molar-refractivity contribution in [3.8, 4) is 0 Å². The molecule has 0 aliphatic carbocycles. The van der Waals surface area contributed by atoms with E-state index in [1.807, 2.05) is 18.2 Å². The monoisotopic (exact) mass is 414 g/mol. The van der Waals surface area contributed by atoms with Crippen LogP contribution in [0.3, 0.4) is 0 Å². The molecule has 0 amide bonds. The Morgan fingerprint density at radius 1 is 1.14 bits per heavy atom. The van der Waals surface area contributed by atoms with Crippen molar-refractivity contribution in [1.82, 2.24) is 10.2 Å². The van der Waals surface area contributed by atoms with Crippen molar-refractivity contribution in [3.63, 3.8) is 0 Å². The van der Waals surface area contributed by atoms with Crippen LogP contribution in [0.4, 0.5) is 5.69 Å². The van der Waals surface area contributed by atoms with E-state index in [-0.39, 0.29) is 0 Å². The standard InChI is InChI=1S/C22H30N4O2S/c1-17-16-26(14-13-20(17)18-9-5-4-6-10-18)22(23-2)24-15-19-11-7-8-12-21(19)25-29(3,27)28/h4-12,17,20,25H,13-16H2,1-3H3,(H,23,24). The number of sulfonamides is 1. The Morgan fingerprint density at radius 2 is 1.83 bits per heavy atom. The topological polar surface area (TPSA) is 73.8 Å². The van der Waals surface area contributed by atoms with Crippen LogP contribution in [0.2, 0.25) is 0 Å². The maximum Gasteiger partial charge on any atom is 0.229 e. The molecule has 1 heterocycles. The minimum atomic E-state index is -3.32. The van der Waals surface area contributed by atoms with Crippen LogP contribution in [0.5, 0.6) is 0 Å². The molecule has 0 saturated carbocycles. The van der Waals surface area contributed by atoms with Crippen LogP contribution in [0.25, 0.3) is 0 Å². The average molecular weight is 415 g/mol. The number of nitrogens with zero attached hydrogens (tertiary/aromatic N) is 2. The third-order valence-corrected chi connectivity index (χ3v) is 5.98. The average Bonchev–Trinajstić information content (AvgIpc) is 2.69. The van der Waals surface area contributed by atoms with Gasteiger partial charge in [-0.15, -0.1) is 0 Å². The number of nitrogens with one attached hydrogen (secondary N) is 2. The zero-order chi connectivity index (χ0) is 20.9. The van der Waals surface area contributed by atoms with E-state index in [0.29, 0.717) is 24.1 Å². The lowest BCUT2D eigenvalue weighted by molar-refractivity contribution is 0.234. The van der Waals surface area contributed by atoms with Gasteiger partial charge in [0.2, 0.25) is 10.0 Å². The van der Waals surface area contributed by atoms with Crippen LogP contribution in [-0.2, 0) is 16.6 Å². The Morgan fingerprint density at radius 3 is 2.48 bits per heavy atom. The van der Waals surface area contributed by atoms with E-state index in [9.17, 15) is 8.42 Å². The number of piperidine rings is 1. The fourth-order valence-corrected chi connectivity index (χ4v) is 4.61. The van der Waals surface area contributed by atoms with Crippen LogP contribution in [-0.4, -0.2) is 45.7 Å². The molecular formula is C22H30N4O2S. The lowest BCUT2D eigenvalue weighted by atomic mass is 9.82. The van der Waals surface area contributed by atoms with Gasteiger partial charge in [-0.1, -0.05) is 55.5 Å². The van der Waals surface area contributed by atoms with Gasteiger partial charge in [-0.2, -0.15) is 0 Å². The number of rotatable bonds is 5. The summed E-state index contributed by atoms with van der Waals surface area (Å²) >= 11 is 0. The third kappa shape index (κ3) is 5.73. The van der Waals surface area contributed by atoms with E-state index < -0.39 is 10.0 Å². The summed E-state index contributed by atoms with van der Waals surface area (Å²) in [6, 6.07) is 18.1. The SMILES string of the molecule is CN=C(NCc1ccccc1NS(C)(=O)=O)N1CCC(c2ccccc2)C(C)C1. The number of hydrogen-bond acceptors (Lipinski definition) is 3. The van der Waals surface area contributed by atoms with Crippen molar-refractivity contribution in [1.29, 1.82) is 0 Å². The number of guanidine groups is 1. The molecule has 6 nitrogen and oxygen atoms in total. The molecule has 2 aromatic carbocycles. The van der Waals surface area contributed by atoms with Gasteiger partial charge in [0.15, 0.2) is 5.96 Å². The number of para-hydroxylation sites is 1. The van der Waals surface area contributed by atoms with Crippen molar-refractivity contribution < 1.29 is 8.42 Å². The quantitative estimate of drug-likeness (QED) is 0.582. The lowest BCUT2D eigenvalue weighted by Crippen LogP contribution is -2.47. The molecule has 1 aliphatic rings. The summed E-state index contributed by atoms with van der Waals surface area (Å²) in [6.07, 6.45) is 2.24. The summed E-state index contributed by atoms with van der Waals surface area (Å²) in [5.41, 5.74) is 2.88. The van der Waals surface area contributed by atoms with Gasteiger partial charge in [0.25, 0.3) is 0 Å². The second-order valence-corrected chi connectivity index (χ2v) is 9.41. The van der Waals surface area contributed by atoms with E-state index >= 15 is 0 Å². The van der Waals surface area contributed by atoms with Crippen LogP contribution in [0.1, 0.15) is 30.4 Å². The molecule has 2 unspecified atom stereocenters. The molecule has 0 bridgehead atoms. The first-order valence-corrected chi connectivity index (χ1v) is 11.8. The molecule has 0 aromatic heterocycles. The normalized spacial score (nSPS) is 20.4. The van der Waals surface area contributed by atoms with E-state index in [2.05, 4.69) is 57.2 Å². The summed E-state index contributed by atoms with van der Waals surface area (Å²) in [5.74, 6) is 1.92. The second-order valence-electron chi connectivity index (χ2n) is 7.66. The van der Waals surface area contributed by atoms with Crippen molar-refractivity contribution >= 4 is 21.7 Å². The van der Waals surface area contributed by atoms with Crippen LogP contribution < -0.4 is 10.0 Å². The number of likely N-dealkylation sites (tertiary alicyclic amines) is 1. The maximum atomic E-state index is 11.6. The molecule has 0 spiro atoms. The van der Waals surface area contributed by atoms with Gasteiger partial charge >= 0.3 is 0 Å². The summed E-state index contributed by atoms with van der Waals surface area (Å²) in [6.45, 7) is 4.66. The zero-order valence-electron chi connectivity index (χ0n) is 17.3. The molecule has 1 fully saturated rings. The number of anilines is 1. The smallest absolute Gasteiger partial charge is 0.229 e. The van der Waals surface area contributed by atoms with Crippen LogP contribution >= 0.6 is 0 Å². The summed E-state index contributed by atoms with van der Waals surface area (Å²) in [4.78, 5) is 6.74. The minimum Gasteiger partial charge on any atom is -0.352 e. The predicted molar refractivity (Wildman–Crippen MR) is 120 cm³/mol. The Labute approximate surface area is 174 Å². The lowest BCUT2D eigenvalue weighted by Gasteiger charge is -2.39. The molecule has 2 atom stereocenters. The largest absolute Gasteiger partial charge is 0.352 e. The zero-order valence-corrected chi connectivity index (χ0v) is 18.1. The van der Waals surface area contributed by atoms with Gasteiger partial charge in [-0.05, 0) is 35.4 Å². The van der Waals surface area contributed by atoms with Crippen molar-refractivity contribution in [3.05, 3.63) is 65.7 Å². The first-order valence-electron chi connectivity index (χ1n) is 9.93. The Hall–Kier alpha value is -2.54. The Bertz CT molecular complexity index is 944. The molecule has 2 aromatic rings. The number of hydrogen-bond donors (Lipinski definition) is 2. The predicted octanol–water partition coefficient (Wildman–Crippen LogP) is 3.26. The molecule has 156 valence electrons. The summed E-state index contributed by atoms with van der Waals surface area (Å²) < 4.78 is 25.8. The molecule has 3 rings (SSSR count). The first-order chi connectivity index (χ1) is 13.9. The molecular weight excluding hydrogens is 384 g/mol. The van der Waals surface area contributed by atoms with E-state index in [0.717, 1.165) is 37.3 Å². The van der Waals surface area contributed by atoms with Gasteiger partial charge in [0.1, 0.15) is 0 Å². The summed E-state index contributed by atoms with van der Waals surface area (Å²) in [5, 5.41) is 3.40. The van der Waals surface area contributed by atoms with Crippen molar-refractivity contribution in [2.45, 2.75) is 25.8 Å². The third-order valence-electron chi connectivity index (χ3n) is 5.39. The fraction of sp³-hybridized carbons (Fsp3) is 0.409. The fourth-order valence-electron chi connectivity index (χ4n) is 4.01. The Balaban J connectivity index is 1.64. The summed E-state index contributed by atoms with van der Waals surface area (Å²) in [7, 11) is -1.53. The minimum absolute atomic E-state index is 0.498. The van der Waals surface area contributed by atoms with E-state index in [1.54, 1.807) is 13.1 Å². The molecule has 29 heavy (non-hydrogen) atoms. The molecule has 1 saturated heterocycles. The van der Waals surface area contributed by atoms with Gasteiger partial charge in [0, 0.05) is 26.7 Å². The molecule has 1 aliphatic heterocycles. The Kier molecular flexibility index (Phi) is 6.79. The van der Waals surface area contributed by atoms with Gasteiger partial charge in [-0.3, -0.25) is 9.71 Å². The van der Waals surface area contributed by atoms with E-state index in [1.165, 1.54) is 5.56 Å². The number of aliphatic imine (C=N–C) groups is 1. The highest BCUT2D eigenvalue weighted by molar-refractivity contribution is 7.92. The van der Waals surface area contributed by atoms with Gasteiger partial charge in [0.05, 0.1) is 11.9 Å². The second kappa shape index (κ2) is 9.31.